The Labute approximate surface area is 99.8 Å². The molecule has 0 aliphatic rings. The molecule has 0 spiro atoms. The van der Waals surface area contributed by atoms with E-state index in [0.717, 1.165) is 0 Å². The van der Waals surface area contributed by atoms with Crippen LogP contribution in [0.4, 0.5) is 16.2 Å². The fraction of sp³-hybridized carbons (Fsp3) is 0.273. The number of carbonyl (C=O) groups excluding carboxylic acids is 2. The molecule has 1 aromatic rings. The van der Waals surface area contributed by atoms with Gasteiger partial charge in [-0.3, -0.25) is 4.79 Å². The number of anilines is 2. The molecule has 0 saturated heterocycles. The van der Waals surface area contributed by atoms with Crippen LogP contribution in [0, 0.1) is 0 Å². The SMILES string of the molecule is CNCC(=O)Nc1cccc(NC(=O)NC)c1. The van der Waals surface area contributed by atoms with Crippen LogP contribution >= 0.6 is 0 Å². The summed E-state index contributed by atoms with van der Waals surface area (Å²) in [6.07, 6.45) is 0. The van der Waals surface area contributed by atoms with Crippen molar-refractivity contribution >= 4 is 23.3 Å². The summed E-state index contributed by atoms with van der Waals surface area (Å²) in [5.74, 6) is -0.135. The monoisotopic (exact) mass is 236 g/mol. The van der Waals surface area contributed by atoms with E-state index in [0.29, 0.717) is 11.4 Å². The molecule has 1 aromatic carbocycles. The van der Waals surface area contributed by atoms with Crippen LogP contribution in [0.2, 0.25) is 0 Å². The van der Waals surface area contributed by atoms with E-state index in [1.165, 1.54) is 7.05 Å². The van der Waals surface area contributed by atoms with Gasteiger partial charge in [0, 0.05) is 18.4 Å². The van der Waals surface area contributed by atoms with Crippen LogP contribution in [0.25, 0.3) is 0 Å². The highest BCUT2D eigenvalue weighted by Crippen LogP contribution is 2.14. The van der Waals surface area contributed by atoms with Gasteiger partial charge in [0.05, 0.1) is 6.54 Å². The Bertz CT molecular complexity index is 406. The minimum atomic E-state index is -0.302. The molecular weight excluding hydrogens is 220 g/mol. The quantitative estimate of drug-likeness (QED) is 0.617. The van der Waals surface area contributed by atoms with Crippen molar-refractivity contribution < 1.29 is 9.59 Å². The summed E-state index contributed by atoms with van der Waals surface area (Å²) in [4.78, 5) is 22.4. The van der Waals surface area contributed by atoms with E-state index in [1.54, 1.807) is 31.3 Å². The van der Waals surface area contributed by atoms with Gasteiger partial charge in [-0.05, 0) is 25.2 Å². The summed E-state index contributed by atoms with van der Waals surface area (Å²) in [5.41, 5.74) is 1.26. The fourth-order valence-electron chi connectivity index (χ4n) is 1.23. The third-order valence-corrected chi connectivity index (χ3v) is 1.97. The Morgan fingerprint density at radius 2 is 1.76 bits per heavy atom. The number of rotatable bonds is 4. The average Bonchev–Trinajstić information content (AvgIpc) is 2.29. The van der Waals surface area contributed by atoms with Crippen molar-refractivity contribution in [1.29, 1.82) is 0 Å². The van der Waals surface area contributed by atoms with Crippen LogP contribution in [-0.2, 0) is 4.79 Å². The smallest absolute Gasteiger partial charge is 0.318 e. The molecule has 0 heterocycles. The molecule has 4 N–H and O–H groups in total. The first-order valence-electron chi connectivity index (χ1n) is 5.19. The number of hydrogen-bond acceptors (Lipinski definition) is 3. The van der Waals surface area contributed by atoms with Gasteiger partial charge in [-0.15, -0.1) is 0 Å². The van der Waals surface area contributed by atoms with Crippen molar-refractivity contribution in [2.24, 2.45) is 0 Å². The van der Waals surface area contributed by atoms with E-state index >= 15 is 0 Å². The van der Waals surface area contributed by atoms with E-state index in [4.69, 9.17) is 0 Å². The molecule has 3 amide bonds. The Kier molecular flexibility index (Phi) is 4.96. The molecule has 92 valence electrons. The highest BCUT2D eigenvalue weighted by Gasteiger charge is 2.02. The zero-order chi connectivity index (χ0) is 12.7. The number of hydrogen-bond donors (Lipinski definition) is 4. The minimum Gasteiger partial charge on any atom is -0.341 e. The van der Waals surface area contributed by atoms with Gasteiger partial charge in [-0.1, -0.05) is 6.07 Å². The molecule has 17 heavy (non-hydrogen) atoms. The zero-order valence-corrected chi connectivity index (χ0v) is 9.83. The number of benzene rings is 1. The molecule has 6 nitrogen and oxygen atoms in total. The van der Waals surface area contributed by atoms with Gasteiger partial charge in [0.1, 0.15) is 0 Å². The first-order valence-corrected chi connectivity index (χ1v) is 5.19. The van der Waals surface area contributed by atoms with Crippen LogP contribution in [0.5, 0.6) is 0 Å². The van der Waals surface area contributed by atoms with Crippen LogP contribution in [0.1, 0.15) is 0 Å². The largest absolute Gasteiger partial charge is 0.341 e. The molecule has 0 unspecified atom stereocenters. The third kappa shape index (κ3) is 4.52. The maximum absolute atomic E-state index is 11.3. The maximum Gasteiger partial charge on any atom is 0.318 e. The predicted octanol–water partition coefficient (Wildman–Crippen LogP) is 0.596. The molecule has 0 aliphatic carbocycles. The predicted molar refractivity (Wildman–Crippen MR) is 67.1 cm³/mol. The summed E-state index contributed by atoms with van der Waals surface area (Å²) in [6, 6.07) is 6.62. The van der Waals surface area contributed by atoms with Crippen LogP contribution in [-0.4, -0.2) is 32.6 Å². The standard InChI is InChI=1S/C11H16N4O2/c1-12-7-10(16)14-8-4-3-5-9(6-8)15-11(17)13-2/h3-6,12H,7H2,1-2H3,(H,14,16)(H2,13,15,17). The minimum absolute atomic E-state index is 0.135. The van der Waals surface area contributed by atoms with Gasteiger partial charge in [0.25, 0.3) is 0 Å². The number of amides is 3. The summed E-state index contributed by atoms with van der Waals surface area (Å²) in [7, 11) is 3.23. The Hall–Kier alpha value is -2.08. The highest BCUT2D eigenvalue weighted by atomic mass is 16.2. The second-order valence-corrected chi connectivity index (χ2v) is 3.36. The lowest BCUT2D eigenvalue weighted by Crippen LogP contribution is -2.26. The van der Waals surface area contributed by atoms with Gasteiger partial charge < -0.3 is 21.3 Å². The lowest BCUT2D eigenvalue weighted by atomic mass is 10.2. The third-order valence-electron chi connectivity index (χ3n) is 1.97. The molecule has 0 fully saturated rings. The average molecular weight is 236 g/mol. The molecule has 0 bridgehead atoms. The summed E-state index contributed by atoms with van der Waals surface area (Å²) in [5, 5.41) is 10.5. The van der Waals surface area contributed by atoms with E-state index in [2.05, 4.69) is 21.3 Å². The summed E-state index contributed by atoms with van der Waals surface area (Å²) in [6.45, 7) is 0.243. The van der Waals surface area contributed by atoms with Crippen LogP contribution in [0.15, 0.2) is 24.3 Å². The number of likely N-dealkylation sites (N-methyl/N-ethyl adjacent to an activating group) is 1. The van der Waals surface area contributed by atoms with Gasteiger partial charge in [0.15, 0.2) is 0 Å². The van der Waals surface area contributed by atoms with Gasteiger partial charge in [-0.25, -0.2) is 4.79 Å². The maximum atomic E-state index is 11.3. The van der Waals surface area contributed by atoms with Crippen molar-refractivity contribution in [2.45, 2.75) is 0 Å². The molecule has 0 aliphatic heterocycles. The lowest BCUT2D eigenvalue weighted by Gasteiger charge is -2.08. The van der Waals surface area contributed by atoms with Crippen LogP contribution in [0.3, 0.4) is 0 Å². The molecule has 1 rings (SSSR count). The Balaban J connectivity index is 2.65. The van der Waals surface area contributed by atoms with Crippen molar-refractivity contribution in [1.82, 2.24) is 10.6 Å². The van der Waals surface area contributed by atoms with Gasteiger partial charge in [0.2, 0.25) is 5.91 Å². The van der Waals surface area contributed by atoms with Gasteiger partial charge >= 0.3 is 6.03 Å². The molecule has 6 heteroatoms. The van der Waals surface area contributed by atoms with Gasteiger partial charge in [-0.2, -0.15) is 0 Å². The van der Waals surface area contributed by atoms with Crippen molar-refractivity contribution in [3.8, 4) is 0 Å². The zero-order valence-electron chi connectivity index (χ0n) is 9.83. The first-order chi connectivity index (χ1) is 8.15. The highest BCUT2D eigenvalue weighted by molar-refractivity contribution is 5.94. The van der Waals surface area contributed by atoms with E-state index in [-0.39, 0.29) is 18.5 Å². The number of urea groups is 1. The fourth-order valence-corrected chi connectivity index (χ4v) is 1.23. The second kappa shape index (κ2) is 6.49. The topological polar surface area (TPSA) is 82.3 Å². The van der Waals surface area contributed by atoms with Crippen LogP contribution < -0.4 is 21.3 Å². The summed E-state index contributed by atoms with van der Waals surface area (Å²) >= 11 is 0. The molecular formula is C11H16N4O2. The Morgan fingerprint density at radius 1 is 1.12 bits per heavy atom. The molecule has 0 saturated carbocycles. The van der Waals surface area contributed by atoms with Crippen molar-refractivity contribution in [3.05, 3.63) is 24.3 Å². The van der Waals surface area contributed by atoms with Crippen molar-refractivity contribution in [3.63, 3.8) is 0 Å². The normalized spacial score (nSPS) is 9.53. The molecule has 0 radical (unpaired) electrons. The Morgan fingerprint density at radius 3 is 2.35 bits per heavy atom. The van der Waals surface area contributed by atoms with E-state index < -0.39 is 0 Å². The summed E-state index contributed by atoms with van der Waals surface area (Å²) < 4.78 is 0. The van der Waals surface area contributed by atoms with E-state index in [1.807, 2.05) is 0 Å². The number of nitrogens with one attached hydrogen (secondary N) is 4. The van der Waals surface area contributed by atoms with E-state index in [9.17, 15) is 9.59 Å². The molecule has 0 atom stereocenters. The first kappa shape index (κ1) is 13.0. The number of carbonyl (C=O) groups is 2. The van der Waals surface area contributed by atoms with Crippen molar-refractivity contribution in [2.75, 3.05) is 31.3 Å². The second-order valence-electron chi connectivity index (χ2n) is 3.36. The lowest BCUT2D eigenvalue weighted by molar-refractivity contribution is -0.115. The molecule has 0 aromatic heterocycles.